The third kappa shape index (κ3) is 4.03. The van der Waals surface area contributed by atoms with Crippen LogP contribution in [-0.4, -0.2) is 71.0 Å². The smallest absolute Gasteiger partial charge is 0.335 e. The summed E-state index contributed by atoms with van der Waals surface area (Å²) in [6.07, 6.45) is -0.398. The Morgan fingerprint density at radius 2 is 1.81 bits per heavy atom. The summed E-state index contributed by atoms with van der Waals surface area (Å²) in [6, 6.07) is 10.9. The van der Waals surface area contributed by atoms with Crippen molar-refractivity contribution in [3.8, 4) is 0 Å². The van der Waals surface area contributed by atoms with Gasteiger partial charge in [-0.3, -0.25) is 4.79 Å². The molecule has 1 aromatic carbocycles. The van der Waals surface area contributed by atoms with Crippen LogP contribution in [0, 0.1) is 28.1 Å². The van der Waals surface area contributed by atoms with Gasteiger partial charge in [0.1, 0.15) is 23.9 Å². The predicted molar refractivity (Wildman–Crippen MR) is 164 cm³/mol. The molecule has 2 aliphatic carbocycles. The summed E-state index contributed by atoms with van der Waals surface area (Å²) in [5.41, 5.74) is -3.30. The number of ether oxygens (including phenoxy) is 5. The summed E-state index contributed by atoms with van der Waals surface area (Å²) in [6.45, 7) is 11.5. The van der Waals surface area contributed by atoms with Crippen LogP contribution in [-0.2, 0) is 38.1 Å². The number of carbonyl (C=O) groups excluding carboxylic acids is 3. The number of hydrogen-bond acceptors (Lipinski definition) is 11. The zero-order valence-electron chi connectivity index (χ0n) is 27.0. The van der Waals surface area contributed by atoms with Gasteiger partial charge in [-0.2, -0.15) is 0 Å². The van der Waals surface area contributed by atoms with Crippen molar-refractivity contribution >= 4 is 24.0 Å². The van der Waals surface area contributed by atoms with Crippen LogP contribution < -0.4 is 0 Å². The normalized spacial score (nSPS) is 43.1. The van der Waals surface area contributed by atoms with E-state index in [9.17, 15) is 24.6 Å². The van der Waals surface area contributed by atoms with Crippen LogP contribution >= 0.6 is 0 Å². The second-order valence-corrected chi connectivity index (χ2v) is 14.6. The third-order valence-electron chi connectivity index (χ3n) is 12.0. The number of aliphatic hydroxyl groups excluding tert-OH is 1. The van der Waals surface area contributed by atoms with Crippen molar-refractivity contribution in [2.75, 3.05) is 7.11 Å². The van der Waals surface area contributed by atoms with Crippen molar-refractivity contribution in [2.24, 2.45) is 28.1 Å². The molecule has 47 heavy (non-hydrogen) atoms. The number of furan rings is 1. The van der Waals surface area contributed by atoms with E-state index in [1.54, 1.807) is 32.9 Å². The van der Waals surface area contributed by atoms with Crippen molar-refractivity contribution < 1.29 is 52.7 Å². The van der Waals surface area contributed by atoms with Gasteiger partial charge < -0.3 is 38.3 Å². The molecule has 2 N–H and O–H groups in total. The van der Waals surface area contributed by atoms with Gasteiger partial charge in [-0.1, -0.05) is 64.6 Å². The van der Waals surface area contributed by atoms with Gasteiger partial charge in [0.25, 0.3) is 0 Å². The summed E-state index contributed by atoms with van der Waals surface area (Å²) in [4.78, 5) is 40.2. The van der Waals surface area contributed by atoms with Gasteiger partial charge in [-0.25, -0.2) is 9.59 Å². The topological polar surface area (TPSA) is 151 Å². The summed E-state index contributed by atoms with van der Waals surface area (Å²) in [5, 5.41) is 25.3. The van der Waals surface area contributed by atoms with Gasteiger partial charge in [0.2, 0.25) is 0 Å². The fourth-order valence-electron chi connectivity index (χ4n) is 9.87. The summed E-state index contributed by atoms with van der Waals surface area (Å²) >= 11 is 0. The molecule has 7 rings (SSSR count). The highest BCUT2D eigenvalue weighted by Gasteiger charge is 2.84. The van der Waals surface area contributed by atoms with Gasteiger partial charge in [0, 0.05) is 34.3 Å². The van der Waals surface area contributed by atoms with Crippen molar-refractivity contribution in [2.45, 2.75) is 82.4 Å². The molecular weight excluding hydrogens is 608 g/mol. The largest absolute Gasteiger partial charge is 0.472 e. The third-order valence-corrected chi connectivity index (χ3v) is 12.0. The van der Waals surface area contributed by atoms with Crippen molar-refractivity contribution in [3.63, 3.8) is 0 Å². The fourth-order valence-corrected chi connectivity index (χ4v) is 9.87. The Bertz CT molecular complexity index is 1650. The lowest BCUT2D eigenvalue weighted by atomic mass is 9.49. The zero-order valence-corrected chi connectivity index (χ0v) is 27.0. The Morgan fingerprint density at radius 1 is 1.09 bits per heavy atom. The maximum absolute atomic E-state index is 13.5. The lowest BCUT2D eigenvalue weighted by molar-refractivity contribution is -0.336. The first-order valence-corrected chi connectivity index (χ1v) is 15.8. The lowest BCUT2D eigenvalue weighted by Crippen LogP contribution is -2.72. The van der Waals surface area contributed by atoms with E-state index in [1.807, 2.05) is 37.3 Å². The maximum Gasteiger partial charge on any atom is 0.335 e. The molecular formula is C36H40O11. The first-order chi connectivity index (χ1) is 22.2. The quantitative estimate of drug-likeness (QED) is 0.210. The van der Waals surface area contributed by atoms with Gasteiger partial charge in [-0.15, -0.1) is 0 Å². The van der Waals surface area contributed by atoms with Crippen molar-refractivity contribution in [1.82, 2.24) is 0 Å². The average molecular weight is 649 g/mol. The zero-order chi connectivity index (χ0) is 33.7. The molecule has 2 aromatic rings. The number of fused-ring (bicyclic) bond motifs is 2. The Kier molecular flexibility index (Phi) is 7.01. The molecule has 2 bridgehead atoms. The Morgan fingerprint density at radius 3 is 2.47 bits per heavy atom. The molecule has 5 fully saturated rings. The minimum atomic E-state index is -2.12. The van der Waals surface area contributed by atoms with E-state index >= 15 is 0 Å². The van der Waals surface area contributed by atoms with E-state index in [0.717, 1.165) is 5.56 Å². The Labute approximate surface area is 272 Å². The van der Waals surface area contributed by atoms with Crippen LogP contribution in [0.3, 0.4) is 0 Å². The number of cyclic esters (lactones) is 1. The molecule has 11 heteroatoms. The molecule has 1 unspecified atom stereocenters. The molecule has 3 saturated heterocycles. The molecule has 0 radical (unpaired) electrons. The number of hydrogen-bond donors (Lipinski definition) is 2. The van der Waals surface area contributed by atoms with Gasteiger partial charge >= 0.3 is 17.9 Å². The highest BCUT2D eigenvalue weighted by Crippen LogP contribution is 2.76. The van der Waals surface area contributed by atoms with Crippen LogP contribution in [0.15, 0.2) is 71.6 Å². The minimum Gasteiger partial charge on any atom is -0.472 e. The summed E-state index contributed by atoms with van der Waals surface area (Å²) in [5.74, 6) is -5.85. The fraction of sp³-hybridized carbons (Fsp3) is 0.528. The standard InChI is InChI=1S/C36H40O11/c1-19-22-16-33(4)28(21-14-15-43-18-21)45-24(38)17-35(19,33)47-30-25(39)29(44-23(37)13-12-20-10-8-7-9-11-20)32(2,3)27-26(31(40)42-6)46-36(22,41)34(27,30)5/h7-15,18,22,25-30,39,41H,1,16-17H2,2-6H3/t22-,25-,26+,27?,28-,29+,30-,33-,34+,35-,36+/m0/s1. The van der Waals surface area contributed by atoms with Gasteiger partial charge in [0.15, 0.2) is 11.9 Å². The van der Waals surface area contributed by atoms with E-state index in [-0.39, 0.29) is 12.8 Å². The SMILES string of the molecule is C=C1[C@@H]2C[C@@]3(C)[C@H](c4ccoc4)OC(=O)C[C@]13O[C@H]1[C@@H](O)[C@@H](OC(=O)C=Cc3ccccc3)C(C)(C)C3[C@H](C(=O)OC)O[C@@]2(O)[C@]31C. The van der Waals surface area contributed by atoms with Crippen molar-refractivity contribution in [3.05, 3.63) is 78.3 Å². The molecule has 11 atom stereocenters. The molecule has 4 heterocycles. The maximum atomic E-state index is 13.5. The second kappa shape index (κ2) is 10.4. The van der Waals surface area contributed by atoms with E-state index in [2.05, 4.69) is 6.58 Å². The number of benzene rings is 1. The number of aliphatic hydroxyl groups is 2. The van der Waals surface area contributed by atoms with E-state index in [0.29, 0.717) is 11.1 Å². The summed E-state index contributed by atoms with van der Waals surface area (Å²) in [7, 11) is 1.23. The summed E-state index contributed by atoms with van der Waals surface area (Å²) < 4.78 is 36.0. The minimum absolute atomic E-state index is 0.216. The molecule has 1 aromatic heterocycles. The monoisotopic (exact) mass is 648 g/mol. The highest BCUT2D eigenvalue weighted by atomic mass is 16.7. The Hall–Kier alpha value is -3.77. The highest BCUT2D eigenvalue weighted by molar-refractivity contribution is 5.87. The second-order valence-electron chi connectivity index (χ2n) is 14.6. The van der Waals surface area contributed by atoms with Crippen LogP contribution in [0.1, 0.15) is 57.8 Å². The predicted octanol–water partition coefficient (Wildman–Crippen LogP) is 3.90. The first kappa shape index (κ1) is 31.8. The lowest BCUT2D eigenvalue weighted by Gasteiger charge is -2.61. The van der Waals surface area contributed by atoms with Crippen molar-refractivity contribution in [1.29, 1.82) is 0 Å². The number of methoxy groups -OCH3 is 1. The van der Waals surface area contributed by atoms with E-state index < -0.39 is 87.9 Å². The van der Waals surface area contributed by atoms with Crippen LogP contribution in [0.2, 0.25) is 0 Å². The van der Waals surface area contributed by atoms with E-state index in [4.69, 9.17) is 28.1 Å². The molecule has 1 spiro atoms. The van der Waals surface area contributed by atoms with Crippen LogP contribution in [0.4, 0.5) is 0 Å². The van der Waals surface area contributed by atoms with Crippen LogP contribution in [0.5, 0.6) is 0 Å². The van der Waals surface area contributed by atoms with Crippen LogP contribution in [0.25, 0.3) is 6.08 Å². The molecule has 250 valence electrons. The average Bonchev–Trinajstić information content (AvgIpc) is 3.70. The molecule has 11 nitrogen and oxygen atoms in total. The number of carbonyl (C=O) groups is 3. The molecule has 5 aliphatic rings. The number of esters is 3. The van der Waals surface area contributed by atoms with Gasteiger partial charge in [0.05, 0.1) is 37.6 Å². The number of rotatable bonds is 5. The van der Waals surface area contributed by atoms with Gasteiger partial charge in [-0.05, 0) is 29.7 Å². The first-order valence-electron chi connectivity index (χ1n) is 15.8. The molecule has 2 saturated carbocycles. The molecule has 0 amide bonds. The Balaban J connectivity index is 1.37. The van der Waals surface area contributed by atoms with E-state index in [1.165, 1.54) is 25.7 Å². The molecule has 3 aliphatic heterocycles.